The minimum Gasteiger partial charge on any atom is -0.346 e. The normalized spacial score (nSPS) is 26.8. The Bertz CT molecular complexity index is 523. The third-order valence-corrected chi connectivity index (χ3v) is 4.53. The molecule has 5 heteroatoms. The molecule has 2 aliphatic rings. The number of rotatable bonds is 4. The van der Waals surface area contributed by atoms with Crippen LogP contribution in [0.3, 0.4) is 0 Å². The average Bonchev–Trinajstić information content (AvgIpc) is 3.31. The number of nitrogens with zero attached hydrogens (tertiary/aromatic N) is 3. The van der Waals surface area contributed by atoms with E-state index in [0.717, 1.165) is 38.8 Å². The molecule has 20 heavy (non-hydrogen) atoms. The van der Waals surface area contributed by atoms with Crippen molar-refractivity contribution in [3.63, 3.8) is 0 Å². The number of hydrogen-bond acceptors (Lipinski definition) is 4. The van der Waals surface area contributed by atoms with Gasteiger partial charge in [0, 0.05) is 43.6 Å². The van der Waals surface area contributed by atoms with Gasteiger partial charge >= 0.3 is 0 Å². The van der Waals surface area contributed by atoms with Gasteiger partial charge in [-0.1, -0.05) is 13.8 Å². The summed E-state index contributed by atoms with van der Waals surface area (Å²) in [5.41, 5.74) is 0.0882. The number of anilines is 1. The highest BCUT2D eigenvalue weighted by atomic mass is 16.1. The van der Waals surface area contributed by atoms with Crippen LogP contribution in [0.1, 0.15) is 45.6 Å². The van der Waals surface area contributed by atoms with Gasteiger partial charge in [0.25, 0.3) is 5.56 Å². The van der Waals surface area contributed by atoms with Gasteiger partial charge in [-0.2, -0.15) is 0 Å². The van der Waals surface area contributed by atoms with Crippen molar-refractivity contribution in [1.82, 2.24) is 14.9 Å². The Labute approximate surface area is 120 Å². The third-order valence-electron chi connectivity index (χ3n) is 4.53. The standard InChI is InChI=1S/C15H24N4O/c1-3-11-10-19(12(4-2)9-17-11)14-15(20)18(8-7-16-14)13-5-6-13/h7-8,11-13,17H,3-6,9-10H2,1-2H3. The molecule has 2 atom stereocenters. The van der Waals surface area contributed by atoms with E-state index in [1.54, 1.807) is 6.20 Å². The Hall–Kier alpha value is -1.36. The molecule has 1 aromatic rings. The Morgan fingerprint density at radius 1 is 1.35 bits per heavy atom. The first kappa shape index (κ1) is 13.6. The summed E-state index contributed by atoms with van der Waals surface area (Å²) in [7, 11) is 0. The van der Waals surface area contributed by atoms with Gasteiger partial charge in [0.15, 0.2) is 5.82 Å². The zero-order chi connectivity index (χ0) is 14.1. The zero-order valence-electron chi connectivity index (χ0n) is 12.4. The molecule has 110 valence electrons. The van der Waals surface area contributed by atoms with E-state index >= 15 is 0 Å². The SMILES string of the molecule is CCC1CN(c2nccn(C3CC3)c2=O)C(CC)CN1. The quantitative estimate of drug-likeness (QED) is 0.906. The number of nitrogens with one attached hydrogen (secondary N) is 1. The Morgan fingerprint density at radius 3 is 2.80 bits per heavy atom. The topological polar surface area (TPSA) is 50.2 Å². The van der Waals surface area contributed by atoms with Crippen molar-refractivity contribution in [2.24, 2.45) is 0 Å². The van der Waals surface area contributed by atoms with E-state index < -0.39 is 0 Å². The van der Waals surface area contributed by atoms with Crippen LogP contribution in [0.2, 0.25) is 0 Å². The van der Waals surface area contributed by atoms with E-state index in [4.69, 9.17) is 0 Å². The molecule has 2 heterocycles. The summed E-state index contributed by atoms with van der Waals surface area (Å²) in [6, 6.07) is 1.23. The van der Waals surface area contributed by atoms with Gasteiger partial charge in [-0.25, -0.2) is 4.98 Å². The molecular formula is C15H24N4O. The Kier molecular flexibility index (Phi) is 3.78. The van der Waals surface area contributed by atoms with Crippen molar-refractivity contribution in [2.45, 2.75) is 57.7 Å². The van der Waals surface area contributed by atoms with Crippen LogP contribution in [0.15, 0.2) is 17.2 Å². The lowest BCUT2D eigenvalue weighted by Gasteiger charge is -2.40. The lowest BCUT2D eigenvalue weighted by atomic mass is 10.1. The Balaban J connectivity index is 1.92. The summed E-state index contributed by atoms with van der Waals surface area (Å²) >= 11 is 0. The number of piperazine rings is 1. The first-order valence-corrected chi connectivity index (χ1v) is 7.81. The smallest absolute Gasteiger partial charge is 0.293 e. The second kappa shape index (κ2) is 5.56. The largest absolute Gasteiger partial charge is 0.346 e. The summed E-state index contributed by atoms with van der Waals surface area (Å²) in [5, 5.41) is 3.56. The highest BCUT2D eigenvalue weighted by Crippen LogP contribution is 2.33. The predicted octanol–water partition coefficient (Wildman–Crippen LogP) is 1.54. The number of aromatic nitrogens is 2. The molecule has 3 rings (SSSR count). The van der Waals surface area contributed by atoms with Crippen molar-refractivity contribution in [3.05, 3.63) is 22.7 Å². The number of hydrogen-bond donors (Lipinski definition) is 1. The molecule has 0 aromatic carbocycles. The van der Waals surface area contributed by atoms with E-state index in [2.05, 4.69) is 29.0 Å². The van der Waals surface area contributed by atoms with Gasteiger partial charge < -0.3 is 14.8 Å². The van der Waals surface area contributed by atoms with Gasteiger partial charge in [0.05, 0.1) is 0 Å². The average molecular weight is 276 g/mol. The fraction of sp³-hybridized carbons (Fsp3) is 0.733. The van der Waals surface area contributed by atoms with Crippen LogP contribution in [0.5, 0.6) is 0 Å². The van der Waals surface area contributed by atoms with E-state index in [-0.39, 0.29) is 5.56 Å². The fourth-order valence-electron chi connectivity index (χ4n) is 3.01. The van der Waals surface area contributed by atoms with Crippen LogP contribution in [-0.2, 0) is 0 Å². The second-order valence-corrected chi connectivity index (χ2v) is 5.92. The minimum atomic E-state index is 0.0882. The summed E-state index contributed by atoms with van der Waals surface area (Å²) in [6.45, 7) is 6.18. The van der Waals surface area contributed by atoms with Crippen molar-refractivity contribution in [2.75, 3.05) is 18.0 Å². The van der Waals surface area contributed by atoms with E-state index in [9.17, 15) is 4.79 Å². The summed E-state index contributed by atoms with van der Waals surface area (Å²) in [6.07, 6.45) is 7.98. The van der Waals surface area contributed by atoms with Crippen molar-refractivity contribution in [1.29, 1.82) is 0 Å². The highest BCUT2D eigenvalue weighted by Gasteiger charge is 2.31. The lowest BCUT2D eigenvalue weighted by Crippen LogP contribution is -2.57. The highest BCUT2D eigenvalue weighted by molar-refractivity contribution is 5.39. The monoisotopic (exact) mass is 276 g/mol. The molecule has 5 nitrogen and oxygen atoms in total. The summed E-state index contributed by atoms with van der Waals surface area (Å²) < 4.78 is 1.87. The van der Waals surface area contributed by atoms with Gasteiger partial charge in [-0.3, -0.25) is 4.79 Å². The molecule has 1 aliphatic heterocycles. The first-order valence-electron chi connectivity index (χ1n) is 7.81. The molecule has 1 saturated carbocycles. The summed E-state index contributed by atoms with van der Waals surface area (Å²) in [4.78, 5) is 19.3. The fourth-order valence-corrected chi connectivity index (χ4v) is 3.01. The minimum absolute atomic E-state index is 0.0882. The van der Waals surface area contributed by atoms with Crippen LogP contribution >= 0.6 is 0 Å². The molecule has 0 radical (unpaired) electrons. The van der Waals surface area contributed by atoms with Gasteiger partial charge in [0.2, 0.25) is 0 Å². The van der Waals surface area contributed by atoms with E-state index in [0.29, 0.717) is 23.9 Å². The van der Waals surface area contributed by atoms with E-state index in [1.165, 1.54) is 0 Å². The van der Waals surface area contributed by atoms with Gasteiger partial charge in [-0.15, -0.1) is 0 Å². The van der Waals surface area contributed by atoms with Crippen LogP contribution in [0, 0.1) is 0 Å². The van der Waals surface area contributed by atoms with Crippen molar-refractivity contribution >= 4 is 5.82 Å². The Morgan fingerprint density at radius 2 is 2.15 bits per heavy atom. The molecule has 0 spiro atoms. The van der Waals surface area contributed by atoms with E-state index in [1.807, 2.05) is 10.8 Å². The van der Waals surface area contributed by atoms with Crippen LogP contribution in [-0.4, -0.2) is 34.7 Å². The van der Waals surface area contributed by atoms with Gasteiger partial charge in [0.1, 0.15) is 0 Å². The molecular weight excluding hydrogens is 252 g/mol. The zero-order valence-corrected chi connectivity index (χ0v) is 12.4. The van der Waals surface area contributed by atoms with Crippen molar-refractivity contribution in [3.8, 4) is 0 Å². The maximum absolute atomic E-state index is 12.6. The maximum Gasteiger partial charge on any atom is 0.293 e. The second-order valence-electron chi connectivity index (χ2n) is 5.92. The van der Waals surface area contributed by atoms with Crippen LogP contribution in [0.25, 0.3) is 0 Å². The van der Waals surface area contributed by atoms with Gasteiger partial charge in [-0.05, 0) is 25.7 Å². The molecule has 0 amide bonds. The molecule has 1 N–H and O–H groups in total. The molecule has 0 bridgehead atoms. The maximum atomic E-state index is 12.6. The molecule has 1 aliphatic carbocycles. The van der Waals surface area contributed by atoms with Crippen molar-refractivity contribution < 1.29 is 0 Å². The lowest BCUT2D eigenvalue weighted by molar-refractivity contribution is 0.375. The molecule has 1 aromatic heterocycles. The molecule has 2 unspecified atom stereocenters. The van der Waals surface area contributed by atoms with Crippen LogP contribution in [0.4, 0.5) is 5.82 Å². The third kappa shape index (κ3) is 2.46. The molecule has 1 saturated heterocycles. The van der Waals surface area contributed by atoms with Crippen LogP contribution < -0.4 is 15.8 Å². The molecule has 2 fully saturated rings. The first-order chi connectivity index (χ1) is 9.74. The summed E-state index contributed by atoms with van der Waals surface area (Å²) in [5.74, 6) is 0.645. The predicted molar refractivity (Wildman–Crippen MR) is 80.3 cm³/mol.